The molecule has 14 heavy (non-hydrogen) atoms. The van der Waals surface area contributed by atoms with Gasteiger partial charge in [0.1, 0.15) is 0 Å². The van der Waals surface area contributed by atoms with Gasteiger partial charge in [0.15, 0.2) is 0 Å². The van der Waals surface area contributed by atoms with Crippen LogP contribution in [0.4, 0.5) is 0 Å². The molecule has 0 radical (unpaired) electrons. The fourth-order valence-corrected chi connectivity index (χ4v) is 2.90. The number of benzene rings is 1. The van der Waals surface area contributed by atoms with Gasteiger partial charge in [0.05, 0.1) is 0 Å². The van der Waals surface area contributed by atoms with Crippen molar-refractivity contribution >= 4 is 11.8 Å². The third-order valence-electron chi connectivity index (χ3n) is 3.02. The molecule has 0 aliphatic carbocycles. The van der Waals surface area contributed by atoms with Gasteiger partial charge in [-0.05, 0) is 44.3 Å². The average molecular weight is 207 g/mol. The van der Waals surface area contributed by atoms with E-state index in [4.69, 9.17) is 0 Å². The number of hydrogen-bond donors (Lipinski definition) is 0. The zero-order chi connectivity index (χ0) is 9.97. The average Bonchev–Trinajstić information content (AvgIpc) is 2.64. The molecule has 76 valence electrons. The number of thioether (sulfide) groups is 1. The lowest BCUT2D eigenvalue weighted by Crippen LogP contribution is -2.17. The molecule has 0 unspecified atom stereocenters. The first-order valence-electron chi connectivity index (χ1n) is 5.16. The molecule has 0 spiro atoms. The van der Waals surface area contributed by atoms with Crippen LogP contribution in [0.25, 0.3) is 0 Å². The third kappa shape index (κ3) is 1.82. The van der Waals surface area contributed by atoms with E-state index in [2.05, 4.69) is 42.5 Å². The second-order valence-corrected chi connectivity index (χ2v) is 4.73. The smallest absolute Gasteiger partial charge is 0.0356 e. The zero-order valence-corrected chi connectivity index (χ0v) is 9.68. The molecule has 1 saturated heterocycles. The van der Waals surface area contributed by atoms with Crippen LogP contribution in [-0.2, 0) is 0 Å². The fraction of sp³-hybridized carbons (Fsp3) is 0.500. The minimum absolute atomic E-state index is 0.652. The van der Waals surface area contributed by atoms with Gasteiger partial charge < -0.3 is 0 Å². The van der Waals surface area contributed by atoms with Crippen molar-refractivity contribution in [2.45, 2.75) is 23.8 Å². The van der Waals surface area contributed by atoms with E-state index in [1.54, 1.807) is 0 Å². The third-order valence-corrected chi connectivity index (χ3v) is 3.83. The summed E-state index contributed by atoms with van der Waals surface area (Å²) in [4.78, 5) is 3.90. The van der Waals surface area contributed by atoms with Gasteiger partial charge >= 0.3 is 0 Å². The molecule has 1 aliphatic heterocycles. The molecule has 2 rings (SSSR count). The molecule has 0 N–H and O–H groups in total. The quantitative estimate of drug-likeness (QED) is 0.685. The van der Waals surface area contributed by atoms with Crippen molar-refractivity contribution < 1.29 is 0 Å². The van der Waals surface area contributed by atoms with E-state index >= 15 is 0 Å². The molecule has 1 nitrogen and oxygen atoms in total. The fourth-order valence-electron chi connectivity index (χ4n) is 2.24. The Bertz CT molecular complexity index is 311. The Labute approximate surface area is 90.5 Å². The number of rotatable bonds is 2. The lowest BCUT2D eigenvalue weighted by molar-refractivity contribution is 0.314. The normalized spacial score (nSPS) is 22.9. The van der Waals surface area contributed by atoms with E-state index in [1.807, 2.05) is 11.8 Å². The highest BCUT2D eigenvalue weighted by molar-refractivity contribution is 7.98. The summed E-state index contributed by atoms with van der Waals surface area (Å²) in [5.74, 6) is 0. The number of hydrogen-bond acceptors (Lipinski definition) is 2. The number of nitrogens with zero attached hydrogens (tertiary/aromatic N) is 1. The van der Waals surface area contributed by atoms with Gasteiger partial charge in [-0.3, -0.25) is 4.90 Å². The maximum atomic E-state index is 2.47. The maximum absolute atomic E-state index is 2.47. The van der Waals surface area contributed by atoms with Crippen molar-refractivity contribution in [3.8, 4) is 0 Å². The summed E-state index contributed by atoms with van der Waals surface area (Å²) in [6.45, 7) is 1.24. The summed E-state index contributed by atoms with van der Waals surface area (Å²) >= 11 is 1.86. The minimum Gasteiger partial charge on any atom is -0.299 e. The molecule has 1 aromatic rings. The Morgan fingerprint density at radius 1 is 1.36 bits per heavy atom. The summed E-state index contributed by atoms with van der Waals surface area (Å²) in [7, 11) is 2.23. The van der Waals surface area contributed by atoms with Gasteiger partial charge in [-0.2, -0.15) is 0 Å². The van der Waals surface area contributed by atoms with Crippen LogP contribution in [0.15, 0.2) is 29.2 Å². The zero-order valence-electron chi connectivity index (χ0n) is 8.86. The van der Waals surface area contributed by atoms with Gasteiger partial charge in [0.25, 0.3) is 0 Å². The van der Waals surface area contributed by atoms with Crippen molar-refractivity contribution in [2.24, 2.45) is 0 Å². The Kier molecular flexibility index (Phi) is 3.14. The van der Waals surface area contributed by atoms with Crippen LogP contribution in [0.1, 0.15) is 24.4 Å². The highest BCUT2D eigenvalue weighted by Gasteiger charge is 2.23. The Balaban J connectivity index is 2.30. The lowest BCUT2D eigenvalue weighted by Gasteiger charge is -2.21. The maximum Gasteiger partial charge on any atom is 0.0356 e. The number of likely N-dealkylation sites (tertiary alicyclic amines) is 1. The molecule has 0 bridgehead atoms. The molecular weight excluding hydrogens is 190 g/mol. The summed E-state index contributed by atoms with van der Waals surface area (Å²) in [6, 6.07) is 9.44. The predicted molar refractivity (Wildman–Crippen MR) is 62.8 cm³/mol. The van der Waals surface area contributed by atoms with E-state index < -0.39 is 0 Å². The molecule has 1 atom stereocenters. The van der Waals surface area contributed by atoms with Crippen LogP contribution in [0.2, 0.25) is 0 Å². The van der Waals surface area contributed by atoms with Gasteiger partial charge in [-0.1, -0.05) is 18.2 Å². The van der Waals surface area contributed by atoms with Crippen molar-refractivity contribution in [3.05, 3.63) is 29.8 Å². The van der Waals surface area contributed by atoms with Crippen LogP contribution in [0.5, 0.6) is 0 Å². The monoisotopic (exact) mass is 207 g/mol. The SMILES string of the molecule is CSc1ccccc1[C@H]1CCCN1C. The Morgan fingerprint density at radius 2 is 2.14 bits per heavy atom. The van der Waals surface area contributed by atoms with Crippen LogP contribution in [0, 0.1) is 0 Å². The van der Waals surface area contributed by atoms with Crippen LogP contribution in [0.3, 0.4) is 0 Å². The van der Waals surface area contributed by atoms with Crippen molar-refractivity contribution in [2.75, 3.05) is 19.8 Å². The first kappa shape index (κ1) is 10.1. The van der Waals surface area contributed by atoms with Gasteiger partial charge in [-0.15, -0.1) is 11.8 Å². The molecular formula is C12H17NS. The van der Waals surface area contributed by atoms with E-state index in [0.717, 1.165) is 0 Å². The molecule has 0 amide bonds. The van der Waals surface area contributed by atoms with Crippen LogP contribution in [-0.4, -0.2) is 24.7 Å². The highest BCUT2D eigenvalue weighted by Crippen LogP contribution is 2.35. The summed E-state index contributed by atoms with van der Waals surface area (Å²) in [5.41, 5.74) is 1.51. The van der Waals surface area contributed by atoms with Gasteiger partial charge in [-0.25, -0.2) is 0 Å². The van der Waals surface area contributed by atoms with Gasteiger partial charge in [0.2, 0.25) is 0 Å². The predicted octanol–water partition coefficient (Wildman–Crippen LogP) is 3.18. The molecule has 1 aromatic carbocycles. The van der Waals surface area contributed by atoms with E-state index in [0.29, 0.717) is 6.04 Å². The summed E-state index contributed by atoms with van der Waals surface area (Å²) in [6.07, 6.45) is 4.81. The molecule has 1 heterocycles. The molecule has 1 aliphatic rings. The minimum atomic E-state index is 0.652. The van der Waals surface area contributed by atoms with Gasteiger partial charge in [0, 0.05) is 10.9 Å². The van der Waals surface area contributed by atoms with Crippen LogP contribution < -0.4 is 0 Å². The second-order valence-electron chi connectivity index (χ2n) is 3.88. The molecule has 0 aromatic heterocycles. The largest absolute Gasteiger partial charge is 0.299 e. The Hall–Kier alpha value is -0.470. The summed E-state index contributed by atoms with van der Waals surface area (Å²) < 4.78 is 0. The van der Waals surface area contributed by atoms with E-state index in [9.17, 15) is 0 Å². The standard InChI is InChI=1S/C12H17NS/c1-13-9-5-7-11(13)10-6-3-4-8-12(10)14-2/h3-4,6,8,11H,5,7,9H2,1-2H3/t11-/m1/s1. The first-order valence-corrected chi connectivity index (χ1v) is 6.38. The van der Waals surface area contributed by atoms with E-state index in [-0.39, 0.29) is 0 Å². The van der Waals surface area contributed by atoms with Crippen LogP contribution >= 0.6 is 11.8 Å². The molecule has 1 fully saturated rings. The first-order chi connectivity index (χ1) is 6.83. The molecule has 0 saturated carbocycles. The van der Waals surface area contributed by atoms with E-state index in [1.165, 1.54) is 29.8 Å². The van der Waals surface area contributed by atoms with Crippen molar-refractivity contribution in [1.82, 2.24) is 4.90 Å². The van der Waals surface area contributed by atoms with Crippen molar-refractivity contribution in [3.63, 3.8) is 0 Å². The van der Waals surface area contributed by atoms with Crippen molar-refractivity contribution in [1.29, 1.82) is 0 Å². The lowest BCUT2D eigenvalue weighted by atomic mass is 10.1. The Morgan fingerprint density at radius 3 is 2.79 bits per heavy atom. The topological polar surface area (TPSA) is 3.24 Å². The highest BCUT2D eigenvalue weighted by atomic mass is 32.2. The second kappa shape index (κ2) is 4.37. The summed E-state index contributed by atoms with van der Waals surface area (Å²) in [5, 5.41) is 0. The molecule has 2 heteroatoms.